The first-order valence-electron chi connectivity index (χ1n) is 10.1. The zero-order valence-corrected chi connectivity index (χ0v) is 18.6. The van der Waals surface area contributed by atoms with Gasteiger partial charge in [0.2, 0.25) is 5.91 Å². The quantitative estimate of drug-likeness (QED) is 0.426. The molecule has 1 heterocycles. The highest BCUT2D eigenvalue weighted by Crippen LogP contribution is 2.23. The van der Waals surface area contributed by atoms with Crippen LogP contribution in [-0.2, 0) is 4.79 Å². The van der Waals surface area contributed by atoms with Crippen molar-refractivity contribution in [1.29, 1.82) is 0 Å². The maximum atomic E-state index is 13.2. The molecule has 0 unspecified atom stereocenters. The van der Waals surface area contributed by atoms with Gasteiger partial charge in [-0.05, 0) is 38.1 Å². The third-order valence-corrected chi connectivity index (χ3v) is 5.66. The number of benzene rings is 3. The van der Waals surface area contributed by atoms with E-state index in [0.29, 0.717) is 16.5 Å². The zero-order valence-electron chi connectivity index (χ0n) is 17.8. The molecule has 0 atom stereocenters. The van der Waals surface area contributed by atoms with Crippen molar-refractivity contribution in [1.82, 2.24) is 14.8 Å². The molecule has 0 radical (unpaired) electrons. The molecule has 0 bridgehead atoms. The van der Waals surface area contributed by atoms with E-state index >= 15 is 0 Å². The average molecular weight is 443 g/mol. The van der Waals surface area contributed by atoms with Crippen LogP contribution in [0.25, 0.3) is 11.4 Å². The first kappa shape index (κ1) is 21.5. The maximum Gasteiger partial charge on any atom is 0.280 e. The third-order valence-electron chi connectivity index (χ3n) is 4.73. The van der Waals surface area contributed by atoms with Crippen molar-refractivity contribution in [3.8, 4) is 11.4 Å². The van der Waals surface area contributed by atoms with E-state index in [1.807, 2.05) is 86.6 Å². The molecule has 32 heavy (non-hydrogen) atoms. The molecule has 7 heteroatoms. The summed E-state index contributed by atoms with van der Waals surface area (Å²) >= 11 is 1.18. The molecule has 1 N–H and O–H groups in total. The van der Waals surface area contributed by atoms with Crippen LogP contribution in [0.3, 0.4) is 0 Å². The van der Waals surface area contributed by atoms with Crippen molar-refractivity contribution in [2.75, 3.05) is 11.1 Å². The van der Waals surface area contributed by atoms with E-state index in [2.05, 4.69) is 15.4 Å². The van der Waals surface area contributed by atoms with Gasteiger partial charge in [-0.25, -0.2) is 4.98 Å². The Labute approximate surface area is 190 Å². The highest BCUT2D eigenvalue weighted by molar-refractivity contribution is 7.99. The highest BCUT2D eigenvalue weighted by atomic mass is 32.2. The minimum Gasteiger partial charge on any atom is -0.325 e. The van der Waals surface area contributed by atoms with Crippen molar-refractivity contribution < 1.29 is 9.59 Å². The van der Waals surface area contributed by atoms with Gasteiger partial charge in [-0.3, -0.25) is 9.59 Å². The zero-order chi connectivity index (χ0) is 22.5. The van der Waals surface area contributed by atoms with Gasteiger partial charge in [0.15, 0.2) is 11.0 Å². The molecule has 160 valence electrons. The van der Waals surface area contributed by atoms with Crippen LogP contribution in [0.5, 0.6) is 0 Å². The monoisotopic (exact) mass is 442 g/mol. The second kappa shape index (κ2) is 9.62. The molecule has 4 rings (SSSR count). The first-order chi connectivity index (χ1) is 15.5. The first-order valence-corrected chi connectivity index (χ1v) is 11.1. The topological polar surface area (TPSA) is 76.9 Å². The maximum absolute atomic E-state index is 13.2. The number of aryl methyl sites for hydroxylation is 2. The normalized spacial score (nSPS) is 10.7. The lowest BCUT2D eigenvalue weighted by atomic mass is 10.1. The van der Waals surface area contributed by atoms with Crippen LogP contribution in [0.2, 0.25) is 0 Å². The summed E-state index contributed by atoms with van der Waals surface area (Å²) in [7, 11) is 0. The number of rotatable bonds is 6. The van der Waals surface area contributed by atoms with Gasteiger partial charge in [0.25, 0.3) is 5.91 Å². The number of anilines is 1. The van der Waals surface area contributed by atoms with Gasteiger partial charge < -0.3 is 5.32 Å². The Morgan fingerprint density at radius 2 is 1.66 bits per heavy atom. The number of hydrogen-bond donors (Lipinski definition) is 1. The molecule has 1 aromatic heterocycles. The molecule has 0 aliphatic rings. The SMILES string of the molecule is Cc1ccc(NC(=O)CSc2nc(-c3ccccc3)nn2C(=O)c2cccc(C)c2)cc1. The van der Waals surface area contributed by atoms with Gasteiger partial charge in [-0.15, -0.1) is 5.10 Å². The number of nitrogens with one attached hydrogen (secondary N) is 1. The number of carbonyl (C=O) groups excluding carboxylic acids is 2. The highest BCUT2D eigenvalue weighted by Gasteiger charge is 2.20. The fourth-order valence-corrected chi connectivity index (χ4v) is 3.83. The van der Waals surface area contributed by atoms with Crippen molar-refractivity contribution in [2.45, 2.75) is 19.0 Å². The van der Waals surface area contributed by atoms with Crippen molar-refractivity contribution in [2.24, 2.45) is 0 Å². The Kier molecular flexibility index (Phi) is 6.47. The second-order valence-electron chi connectivity index (χ2n) is 7.37. The minimum atomic E-state index is -0.287. The minimum absolute atomic E-state index is 0.0991. The third kappa shape index (κ3) is 5.12. The Hall–Kier alpha value is -3.71. The molecule has 0 spiro atoms. The van der Waals surface area contributed by atoms with Crippen LogP contribution in [-0.4, -0.2) is 32.3 Å². The number of nitrogens with zero attached hydrogens (tertiary/aromatic N) is 3. The van der Waals surface area contributed by atoms with Gasteiger partial charge in [-0.1, -0.05) is 77.5 Å². The van der Waals surface area contributed by atoms with E-state index in [4.69, 9.17) is 0 Å². The summed E-state index contributed by atoms with van der Waals surface area (Å²) in [4.78, 5) is 30.2. The van der Waals surface area contributed by atoms with E-state index in [1.54, 1.807) is 6.07 Å². The van der Waals surface area contributed by atoms with Crippen LogP contribution in [0.15, 0.2) is 84.0 Å². The van der Waals surface area contributed by atoms with Crippen molar-refractivity contribution in [3.05, 3.63) is 95.6 Å². The van der Waals surface area contributed by atoms with E-state index < -0.39 is 0 Å². The second-order valence-corrected chi connectivity index (χ2v) is 8.32. The van der Waals surface area contributed by atoms with E-state index in [-0.39, 0.29) is 17.6 Å². The smallest absolute Gasteiger partial charge is 0.280 e. The van der Waals surface area contributed by atoms with Gasteiger partial charge in [0, 0.05) is 16.8 Å². The standard InChI is InChI=1S/C25H22N4O2S/c1-17-11-13-21(14-12-17)26-22(30)16-32-25-27-23(19-8-4-3-5-9-19)28-29(25)24(31)20-10-6-7-18(2)15-20/h3-15H,16H2,1-2H3,(H,26,30). The summed E-state index contributed by atoms with van der Waals surface area (Å²) in [6.07, 6.45) is 0. The molecule has 0 aliphatic heterocycles. The average Bonchev–Trinajstić information content (AvgIpc) is 3.24. The molecule has 1 amide bonds. The largest absolute Gasteiger partial charge is 0.325 e. The molecule has 0 fully saturated rings. The molecule has 0 saturated carbocycles. The number of amides is 1. The molecule has 6 nitrogen and oxygen atoms in total. The lowest BCUT2D eigenvalue weighted by molar-refractivity contribution is -0.113. The summed E-state index contributed by atoms with van der Waals surface area (Å²) in [6, 6.07) is 24.4. The van der Waals surface area contributed by atoms with Crippen LogP contribution in [0, 0.1) is 13.8 Å². The summed E-state index contributed by atoms with van der Waals surface area (Å²) < 4.78 is 1.28. The summed E-state index contributed by atoms with van der Waals surface area (Å²) in [6.45, 7) is 3.92. The number of hydrogen-bond acceptors (Lipinski definition) is 5. The van der Waals surface area contributed by atoms with E-state index in [1.165, 1.54) is 16.4 Å². The number of thioether (sulfide) groups is 1. The lowest BCUT2D eigenvalue weighted by Crippen LogP contribution is -2.17. The van der Waals surface area contributed by atoms with Gasteiger partial charge in [-0.2, -0.15) is 4.68 Å². The van der Waals surface area contributed by atoms with Gasteiger partial charge in [0.1, 0.15) is 0 Å². The van der Waals surface area contributed by atoms with E-state index in [9.17, 15) is 9.59 Å². The van der Waals surface area contributed by atoms with Crippen LogP contribution >= 0.6 is 11.8 Å². The van der Waals surface area contributed by atoms with Gasteiger partial charge >= 0.3 is 0 Å². The Morgan fingerprint density at radius 1 is 0.906 bits per heavy atom. The summed E-state index contributed by atoms with van der Waals surface area (Å²) in [5, 5.41) is 7.69. The van der Waals surface area contributed by atoms with E-state index in [0.717, 1.165) is 22.4 Å². The molecule has 0 saturated heterocycles. The van der Waals surface area contributed by atoms with Crippen molar-refractivity contribution >= 4 is 29.3 Å². The molecular weight excluding hydrogens is 420 g/mol. The Bertz CT molecular complexity index is 1250. The lowest BCUT2D eigenvalue weighted by Gasteiger charge is -2.07. The van der Waals surface area contributed by atoms with Crippen molar-refractivity contribution in [3.63, 3.8) is 0 Å². The number of aromatic nitrogens is 3. The van der Waals surface area contributed by atoms with Crippen LogP contribution < -0.4 is 5.32 Å². The fourth-order valence-electron chi connectivity index (χ4n) is 3.10. The Morgan fingerprint density at radius 3 is 2.38 bits per heavy atom. The summed E-state index contributed by atoms with van der Waals surface area (Å²) in [5.41, 5.74) is 4.14. The molecular formula is C25H22N4O2S. The molecule has 4 aromatic rings. The van der Waals surface area contributed by atoms with Crippen LogP contribution in [0.4, 0.5) is 5.69 Å². The predicted octanol–water partition coefficient (Wildman–Crippen LogP) is 4.98. The van der Waals surface area contributed by atoms with Gasteiger partial charge in [0.05, 0.1) is 5.75 Å². The van der Waals surface area contributed by atoms with Crippen LogP contribution in [0.1, 0.15) is 21.5 Å². The molecule has 3 aromatic carbocycles. The number of carbonyl (C=O) groups is 2. The predicted molar refractivity (Wildman–Crippen MR) is 127 cm³/mol. The fraction of sp³-hybridized carbons (Fsp3) is 0.120. The molecule has 0 aliphatic carbocycles. The summed E-state index contributed by atoms with van der Waals surface area (Å²) in [5.74, 6) is 0.0672. The Balaban J connectivity index is 1.58.